The zero-order chi connectivity index (χ0) is 33.4. The molecule has 0 spiro atoms. The highest BCUT2D eigenvalue weighted by molar-refractivity contribution is 7.92. The number of hydrogen-bond acceptors (Lipinski definition) is 4. The molecule has 1 aliphatic rings. The highest BCUT2D eigenvalue weighted by atomic mass is 35.5. The van der Waals surface area contributed by atoms with Gasteiger partial charge in [0.15, 0.2) is 0 Å². The van der Waals surface area contributed by atoms with Crippen LogP contribution in [0.2, 0.25) is 10.0 Å². The molecule has 4 aromatic carbocycles. The van der Waals surface area contributed by atoms with E-state index in [9.17, 15) is 18.0 Å². The van der Waals surface area contributed by atoms with Crippen molar-refractivity contribution in [3.05, 3.63) is 130 Å². The van der Waals surface area contributed by atoms with Gasteiger partial charge in [-0.1, -0.05) is 121 Å². The minimum Gasteiger partial charge on any atom is -0.352 e. The number of hydrogen-bond donors (Lipinski definition) is 1. The summed E-state index contributed by atoms with van der Waals surface area (Å²) in [4.78, 5) is 30.4. The Bertz CT molecular complexity index is 1740. The van der Waals surface area contributed by atoms with Gasteiger partial charge in [0.1, 0.15) is 12.6 Å². The molecule has 0 unspecified atom stereocenters. The summed E-state index contributed by atoms with van der Waals surface area (Å²) in [6, 6.07) is 28.7. The van der Waals surface area contributed by atoms with E-state index in [0.717, 1.165) is 53.1 Å². The lowest BCUT2D eigenvalue weighted by Crippen LogP contribution is -2.55. The van der Waals surface area contributed by atoms with Crippen molar-refractivity contribution in [1.82, 2.24) is 10.2 Å². The van der Waals surface area contributed by atoms with Crippen molar-refractivity contribution in [2.75, 3.05) is 10.8 Å². The summed E-state index contributed by atoms with van der Waals surface area (Å²) in [6.45, 7) is 1.50. The zero-order valence-corrected chi connectivity index (χ0v) is 28.6. The van der Waals surface area contributed by atoms with Crippen LogP contribution < -0.4 is 9.62 Å². The van der Waals surface area contributed by atoms with Crippen LogP contribution in [-0.2, 0) is 32.6 Å². The van der Waals surface area contributed by atoms with Crippen LogP contribution in [0.1, 0.15) is 48.8 Å². The normalized spacial score (nSPS) is 14.3. The summed E-state index contributed by atoms with van der Waals surface area (Å²) in [5.41, 5.74) is 2.89. The van der Waals surface area contributed by atoms with Crippen molar-refractivity contribution in [2.24, 2.45) is 0 Å². The van der Waals surface area contributed by atoms with Crippen LogP contribution in [0.3, 0.4) is 0 Å². The first-order chi connectivity index (χ1) is 22.6. The fourth-order valence-electron chi connectivity index (χ4n) is 5.92. The van der Waals surface area contributed by atoms with E-state index in [4.69, 9.17) is 23.2 Å². The minimum absolute atomic E-state index is 0.00450. The second-order valence-electron chi connectivity index (χ2n) is 12.0. The lowest BCUT2D eigenvalue weighted by Gasteiger charge is -2.35. The van der Waals surface area contributed by atoms with Gasteiger partial charge in [0.2, 0.25) is 11.8 Å². The van der Waals surface area contributed by atoms with Gasteiger partial charge in [-0.3, -0.25) is 13.9 Å². The summed E-state index contributed by atoms with van der Waals surface area (Å²) in [6.07, 6.45) is 5.23. The number of amides is 2. The van der Waals surface area contributed by atoms with E-state index in [1.807, 2.05) is 61.5 Å². The van der Waals surface area contributed by atoms with Gasteiger partial charge in [0.25, 0.3) is 10.0 Å². The van der Waals surface area contributed by atoms with Crippen LogP contribution in [0, 0.1) is 6.92 Å². The molecule has 0 heterocycles. The molecule has 0 bridgehead atoms. The third-order valence-corrected chi connectivity index (χ3v) is 10.7. The minimum atomic E-state index is -4.25. The van der Waals surface area contributed by atoms with Crippen molar-refractivity contribution in [2.45, 2.75) is 69.0 Å². The number of aryl methyl sites for hydroxylation is 1. The molecule has 0 aromatic heterocycles. The number of nitrogens with zero attached hydrogens (tertiary/aromatic N) is 2. The molecule has 0 aliphatic heterocycles. The standard InChI is InChI=1S/C37H39Cl2N3O4S/c1-27-17-19-29(20-18-27)25-41(35(21-28-11-5-2-6-12-28)37(44)40-32-13-7-3-8-14-32)36(43)26-42(33-23-30(38)22-31(39)24-33)47(45,46)34-15-9-4-10-16-34/h2,4-6,9-12,15-20,22-24,32,35H,3,7-8,13-14,21,25-26H2,1H3,(H,40,44)/t35-/m0/s1. The number of halogens is 2. The van der Waals surface area contributed by atoms with E-state index >= 15 is 0 Å². The Labute approximate surface area is 287 Å². The zero-order valence-electron chi connectivity index (χ0n) is 26.3. The Balaban J connectivity index is 1.57. The molecule has 2 amide bonds. The third kappa shape index (κ3) is 9.15. The van der Waals surface area contributed by atoms with Gasteiger partial charge < -0.3 is 10.2 Å². The van der Waals surface area contributed by atoms with Crippen molar-refractivity contribution in [3.63, 3.8) is 0 Å². The van der Waals surface area contributed by atoms with Crippen LogP contribution >= 0.6 is 23.2 Å². The van der Waals surface area contributed by atoms with Crippen LogP contribution in [-0.4, -0.2) is 43.8 Å². The molecule has 1 fully saturated rings. The van der Waals surface area contributed by atoms with Crippen molar-refractivity contribution >= 4 is 50.7 Å². The van der Waals surface area contributed by atoms with Gasteiger partial charge in [0, 0.05) is 29.1 Å². The average molecular weight is 693 g/mol. The lowest BCUT2D eigenvalue weighted by atomic mass is 9.94. The second kappa shape index (κ2) is 15.8. The lowest BCUT2D eigenvalue weighted by molar-refractivity contribution is -0.140. The fourth-order valence-corrected chi connectivity index (χ4v) is 7.85. The maximum absolute atomic E-state index is 14.6. The van der Waals surface area contributed by atoms with E-state index in [-0.39, 0.29) is 45.5 Å². The largest absolute Gasteiger partial charge is 0.352 e. The third-order valence-electron chi connectivity index (χ3n) is 8.44. The topological polar surface area (TPSA) is 86.8 Å². The van der Waals surface area contributed by atoms with Crippen molar-refractivity contribution < 1.29 is 18.0 Å². The SMILES string of the molecule is Cc1ccc(CN(C(=O)CN(c2cc(Cl)cc(Cl)c2)S(=O)(=O)c2ccccc2)[C@@H](Cc2ccccc2)C(=O)NC2CCCCC2)cc1. The Morgan fingerprint density at radius 3 is 2.02 bits per heavy atom. The Morgan fingerprint density at radius 1 is 0.809 bits per heavy atom. The highest BCUT2D eigenvalue weighted by Crippen LogP contribution is 2.30. The highest BCUT2D eigenvalue weighted by Gasteiger charge is 2.35. The molecule has 5 rings (SSSR count). The molecule has 1 aliphatic carbocycles. The quantitative estimate of drug-likeness (QED) is 0.166. The molecule has 0 radical (unpaired) electrons. The molecule has 1 atom stereocenters. The summed E-state index contributed by atoms with van der Waals surface area (Å²) >= 11 is 12.7. The van der Waals surface area contributed by atoms with E-state index in [2.05, 4.69) is 5.32 Å². The number of carbonyl (C=O) groups is 2. The predicted octanol–water partition coefficient (Wildman–Crippen LogP) is 7.59. The Kier molecular flexibility index (Phi) is 11.6. The average Bonchev–Trinajstić information content (AvgIpc) is 3.06. The molecule has 10 heteroatoms. The summed E-state index contributed by atoms with van der Waals surface area (Å²) in [5, 5.41) is 3.67. The van der Waals surface area contributed by atoms with E-state index in [1.165, 1.54) is 35.2 Å². The number of nitrogens with one attached hydrogen (secondary N) is 1. The van der Waals surface area contributed by atoms with E-state index < -0.39 is 28.5 Å². The monoisotopic (exact) mass is 691 g/mol. The number of anilines is 1. The maximum Gasteiger partial charge on any atom is 0.264 e. The van der Waals surface area contributed by atoms with Crippen LogP contribution in [0.25, 0.3) is 0 Å². The summed E-state index contributed by atoms with van der Waals surface area (Å²) < 4.78 is 29.3. The number of benzene rings is 4. The van der Waals surface area contributed by atoms with E-state index in [0.29, 0.717) is 0 Å². The first-order valence-electron chi connectivity index (χ1n) is 15.8. The molecule has 47 heavy (non-hydrogen) atoms. The van der Waals surface area contributed by atoms with Crippen LogP contribution in [0.5, 0.6) is 0 Å². The van der Waals surface area contributed by atoms with Gasteiger partial charge in [-0.15, -0.1) is 0 Å². The fraction of sp³-hybridized carbons (Fsp3) is 0.297. The summed E-state index contributed by atoms with van der Waals surface area (Å²) in [5.74, 6) is -0.801. The van der Waals surface area contributed by atoms with Gasteiger partial charge in [-0.2, -0.15) is 0 Å². The summed E-state index contributed by atoms with van der Waals surface area (Å²) in [7, 11) is -4.25. The van der Waals surface area contributed by atoms with Crippen LogP contribution in [0.4, 0.5) is 5.69 Å². The van der Waals surface area contributed by atoms with Crippen LogP contribution in [0.15, 0.2) is 108 Å². The van der Waals surface area contributed by atoms with Gasteiger partial charge in [-0.05, 0) is 61.2 Å². The molecule has 7 nitrogen and oxygen atoms in total. The second-order valence-corrected chi connectivity index (χ2v) is 14.7. The van der Waals surface area contributed by atoms with Gasteiger partial charge >= 0.3 is 0 Å². The first-order valence-corrected chi connectivity index (χ1v) is 18.0. The molecule has 4 aromatic rings. The molecular weight excluding hydrogens is 653 g/mol. The Morgan fingerprint density at radius 2 is 1.40 bits per heavy atom. The predicted molar refractivity (Wildman–Crippen MR) is 188 cm³/mol. The maximum atomic E-state index is 14.6. The first kappa shape index (κ1) is 34.5. The van der Waals surface area contributed by atoms with Crippen molar-refractivity contribution in [1.29, 1.82) is 0 Å². The number of carbonyl (C=O) groups excluding carboxylic acids is 2. The molecular formula is C37H39Cl2N3O4S. The molecule has 246 valence electrons. The molecule has 1 saturated carbocycles. The van der Waals surface area contributed by atoms with Gasteiger partial charge in [0.05, 0.1) is 10.6 Å². The molecule has 0 saturated heterocycles. The van der Waals surface area contributed by atoms with Gasteiger partial charge in [-0.25, -0.2) is 8.42 Å². The molecule has 1 N–H and O–H groups in total. The number of rotatable bonds is 12. The number of sulfonamides is 1. The smallest absolute Gasteiger partial charge is 0.264 e. The van der Waals surface area contributed by atoms with Crippen molar-refractivity contribution in [3.8, 4) is 0 Å². The van der Waals surface area contributed by atoms with E-state index in [1.54, 1.807) is 18.2 Å². The Hall–Kier alpha value is -3.85.